The number of aryl methyl sites for hydroxylation is 1. The molecule has 0 spiro atoms. The Morgan fingerprint density at radius 2 is 2.04 bits per heavy atom. The minimum Gasteiger partial charge on any atom is -0.508 e. The van der Waals surface area contributed by atoms with Gasteiger partial charge in [-0.3, -0.25) is 0 Å². The molecule has 0 radical (unpaired) electrons. The molecule has 3 aliphatic carbocycles. The van der Waals surface area contributed by atoms with Crippen molar-refractivity contribution in [1.29, 1.82) is 0 Å². The summed E-state index contributed by atoms with van der Waals surface area (Å²) in [5, 5.41) is 13.7. The first-order chi connectivity index (χ1) is 12.9. The number of nitrogens with zero attached hydrogens (tertiary/aromatic N) is 1. The Bertz CT molecular complexity index is 672. The van der Waals surface area contributed by atoms with Crippen LogP contribution in [0.4, 0.5) is 0 Å². The largest absolute Gasteiger partial charge is 0.508 e. The van der Waals surface area contributed by atoms with Crippen molar-refractivity contribution in [2.75, 3.05) is 27.2 Å². The summed E-state index contributed by atoms with van der Waals surface area (Å²) in [5.74, 6) is 3.70. The zero-order chi connectivity index (χ0) is 19.2. The van der Waals surface area contributed by atoms with Crippen molar-refractivity contribution >= 4 is 0 Å². The fraction of sp³-hybridized carbons (Fsp3) is 0.750. The lowest BCUT2D eigenvalue weighted by molar-refractivity contribution is 0.0181. The number of nitrogens with one attached hydrogen (secondary N) is 1. The van der Waals surface area contributed by atoms with E-state index in [-0.39, 0.29) is 0 Å². The SMILES string of the molecule is C[C@H](NCCN(C)C)[C@@H]1CC[C@@H]2[C@H]3CCc4cc(O)ccc4[C@H]3CC[C@]21C. The Labute approximate surface area is 165 Å². The van der Waals surface area contributed by atoms with E-state index in [0.717, 1.165) is 43.2 Å². The Morgan fingerprint density at radius 3 is 2.81 bits per heavy atom. The maximum Gasteiger partial charge on any atom is 0.115 e. The van der Waals surface area contributed by atoms with Crippen LogP contribution in [0.2, 0.25) is 0 Å². The van der Waals surface area contributed by atoms with Crippen molar-refractivity contribution in [3.8, 4) is 5.75 Å². The van der Waals surface area contributed by atoms with Crippen molar-refractivity contribution < 1.29 is 5.11 Å². The molecule has 0 unspecified atom stereocenters. The highest BCUT2D eigenvalue weighted by atomic mass is 16.3. The summed E-state index contributed by atoms with van der Waals surface area (Å²) in [6.45, 7) is 7.25. The predicted molar refractivity (Wildman–Crippen MR) is 112 cm³/mol. The van der Waals surface area contributed by atoms with Crippen LogP contribution in [-0.4, -0.2) is 43.2 Å². The summed E-state index contributed by atoms with van der Waals surface area (Å²) in [5.41, 5.74) is 3.46. The van der Waals surface area contributed by atoms with Gasteiger partial charge in [-0.25, -0.2) is 0 Å². The second kappa shape index (κ2) is 7.40. The standard InChI is InChI=1S/C24H38N2O/c1-16(25-13-14-26(3)4)22-9-10-23-21-7-5-17-15-18(27)6-8-19(17)20(21)11-12-24(22,23)2/h6,8,15-16,20-23,25,27H,5,7,9-14H2,1-4H3/t16-,20+,21-,22-,23+,24-/m0/s1. The second-order valence-corrected chi connectivity index (χ2v) is 10.1. The molecule has 1 aromatic rings. The van der Waals surface area contributed by atoms with E-state index in [9.17, 15) is 5.11 Å². The number of benzene rings is 1. The minimum absolute atomic E-state index is 0.436. The average molecular weight is 371 g/mol. The number of hydrogen-bond donors (Lipinski definition) is 2. The first-order valence-electron chi connectivity index (χ1n) is 11.1. The quantitative estimate of drug-likeness (QED) is 0.806. The smallest absolute Gasteiger partial charge is 0.115 e. The molecule has 3 aliphatic rings. The summed E-state index contributed by atoms with van der Waals surface area (Å²) in [6.07, 6.45) is 7.97. The Balaban J connectivity index is 1.49. The molecule has 0 aromatic heterocycles. The maximum atomic E-state index is 9.87. The molecule has 27 heavy (non-hydrogen) atoms. The lowest BCUT2D eigenvalue weighted by atomic mass is 9.53. The van der Waals surface area contributed by atoms with Gasteiger partial charge in [-0.2, -0.15) is 0 Å². The van der Waals surface area contributed by atoms with Gasteiger partial charge in [0.2, 0.25) is 0 Å². The van der Waals surface area contributed by atoms with Crippen LogP contribution in [-0.2, 0) is 6.42 Å². The molecule has 150 valence electrons. The van der Waals surface area contributed by atoms with Crippen LogP contribution in [0, 0.1) is 23.2 Å². The third-order valence-electron chi connectivity index (χ3n) is 8.41. The van der Waals surface area contributed by atoms with Crippen LogP contribution in [0.15, 0.2) is 18.2 Å². The molecule has 0 saturated heterocycles. The molecule has 3 nitrogen and oxygen atoms in total. The van der Waals surface area contributed by atoms with Gasteiger partial charge in [0.1, 0.15) is 5.75 Å². The normalized spacial score (nSPS) is 36.2. The van der Waals surface area contributed by atoms with Crippen LogP contribution in [0.25, 0.3) is 0 Å². The van der Waals surface area contributed by atoms with Gasteiger partial charge >= 0.3 is 0 Å². The Hall–Kier alpha value is -1.06. The lowest BCUT2D eigenvalue weighted by Crippen LogP contribution is -2.48. The summed E-state index contributed by atoms with van der Waals surface area (Å²) < 4.78 is 0. The number of rotatable bonds is 5. The van der Waals surface area contributed by atoms with Gasteiger partial charge in [-0.05, 0) is 112 Å². The fourth-order valence-corrected chi connectivity index (χ4v) is 7.09. The molecule has 0 amide bonds. The van der Waals surface area contributed by atoms with Gasteiger partial charge in [-0.15, -0.1) is 0 Å². The number of phenolic OH excluding ortho intramolecular Hbond substituents is 1. The predicted octanol–water partition coefficient (Wildman–Crippen LogP) is 4.40. The number of fused-ring (bicyclic) bond motifs is 5. The monoisotopic (exact) mass is 370 g/mol. The summed E-state index contributed by atoms with van der Waals surface area (Å²) >= 11 is 0. The van der Waals surface area contributed by atoms with Crippen LogP contribution >= 0.6 is 0 Å². The highest BCUT2D eigenvalue weighted by Crippen LogP contribution is 2.63. The molecule has 2 saturated carbocycles. The zero-order valence-corrected chi connectivity index (χ0v) is 17.7. The second-order valence-electron chi connectivity index (χ2n) is 10.1. The number of hydrogen-bond acceptors (Lipinski definition) is 3. The Morgan fingerprint density at radius 1 is 1.22 bits per heavy atom. The van der Waals surface area contributed by atoms with Gasteiger partial charge in [-0.1, -0.05) is 13.0 Å². The summed E-state index contributed by atoms with van der Waals surface area (Å²) in [6, 6.07) is 6.77. The number of aromatic hydroxyl groups is 1. The number of likely N-dealkylation sites (N-methyl/N-ethyl adjacent to an activating group) is 1. The van der Waals surface area contributed by atoms with Gasteiger partial charge in [0.05, 0.1) is 0 Å². The van der Waals surface area contributed by atoms with E-state index >= 15 is 0 Å². The van der Waals surface area contributed by atoms with E-state index in [1.165, 1.54) is 37.7 Å². The van der Waals surface area contributed by atoms with Crippen LogP contribution < -0.4 is 5.32 Å². The van der Waals surface area contributed by atoms with Crippen LogP contribution in [0.1, 0.15) is 63.0 Å². The van der Waals surface area contributed by atoms with Gasteiger partial charge in [0.25, 0.3) is 0 Å². The molecule has 3 heteroatoms. The van der Waals surface area contributed by atoms with Crippen LogP contribution in [0.5, 0.6) is 5.75 Å². The minimum atomic E-state index is 0.436. The lowest BCUT2D eigenvalue weighted by Gasteiger charge is -2.52. The first-order valence-corrected chi connectivity index (χ1v) is 11.1. The maximum absolute atomic E-state index is 9.87. The molecule has 4 rings (SSSR count). The van der Waals surface area contributed by atoms with Crippen molar-refractivity contribution in [1.82, 2.24) is 10.2 Å². The first kappa shape index (κ1) is 19.3. The molecule has 6 atom stereocenters. The van der Waals surface area contributed by atoms with Crippen LogP contribution in [0.3, 0.4) is 0 Å². The fourth-order valence-electron chi connectivity index (χ4n) is 7.09. The van der Waals surface area contributed by atoms with E-state index in [1.807, 2.05) is 12.1 Å². The highest BCUT2D eigenvalue weighted by molar-refractivity contribution is 5.40. The summed E-state index contributed by atoms with van der Waals surface area (Å²) in [7, 11) is 4.31. The highest BCUT2D eigenvalue weighted by Gasteiger charge is 2.55. The Kier molecular flexibility index (Phi) is 5.28. The van der Waals surface area contributed by atoms with E-state index in [0.29, 0.717) is 17.2 Å². The van der Waals surface area contributed by atoms with Gasteiger partial charge in [0.15, 0.2) is 0 Å². The molecule has 0 bridgehead atoms. The molecule has 2 N–H and O–H groups in total. The van der Waals surface area contributed by atoms with E-state index in [4.69, 9.17) is 0 Å². The number of phenols is 1. The average Bonchev–Trinajstić information content (AvgIpc) is 2.98. The molecule has 1 aromatic carbocycles. The molecule has 2 fully saturated rings. The van der Waals surface area contributed by atoms with E-state index in [1.54, 1.807) is 5.56 Å². The van der Waals surface area contributed by atoms with Crippen molar-refractivity contribution in [2.24, 2.45) is 23.2 Å². The van der Waals surface area contributed by atoms with Crippen molar-refractivity contribution in [2.45, 2.75) is 64.3 Å². The van der Waals surface area contributed by atoms with Gasteiger partial charge in [0, 0.05) is 19.1 Å². The zero-order valence-electron chi connectivity index (χ0n) is 17.7. The third kappa shape index (κ3) is 3.42. The van der Waals surface area contributed by atoms with Crippen molar-refractivity contribution in [3.63, 3.8) is 0 Å². The molecule has 0 heterocycles. The topological polar surface area (TPSA) is 35.5 Å². The van der Waals surface area contributed by atoms with Gasteiger partial charge < -0.3 is 15.3 Å². The van der Waals surface area contributed by atoms with Crippen molar-refractivity contribution in [3.05, 3.63) is 29.3 Å². The third-order valence-corrected chi connectivity index (χ3v) is 8.41. The molecule has 0 aliphatic heterocycles. The van der Waals surface area contributed by atoms with E-state index < -0.39 is 0 Å². The summed E-state index contributed by atoms with van der Waals surface area (Å²) in [4.78, 5) is 2.27. The molecular weight excluding hydrogens is 332 g/mol. The van der Waals surface area contributed by atoms with E-state index in [2.05, 4.69) is 44.2 Å². The molecular formula is C24H38N2O.